The number of nitrogens with one attached hydrogen (secondary N) is 1. The van der Waals surface area contributed by atoms with Crippen molar-refractivity contribution in [2.45, 2.75) is 26.7 Å². The Morgan fingerprint density at radius 1 is 1.33 bits per heavy atom. The lowest BCUT2D eigenvalue weighted by molar-refractivity contribution is -0.136. The highest BCUT2D eigenvalue weighted by molar-refractivity contribution is 6.19. The van der Waals surface area contributed by atoms with Crippen LogP contribution in [0.2, 0.25) is 0 Å². The predicted octanol–water partition coefficient (Wildman–Crippen LogP) is 2.22. The van der Waals surface area contributed by atoms with Gasteiger partial charge in [-0.25, -0.2) is 0 Å². The standard InChI is InChI=1S/C16H18N2O3/c1-16(2)14(20)17-12-7-11(9-19)5-6-13(12)18(15(16)21)8-10-3-4-10/h5-7,9-10H,3-4,8H2,1-2H3,(H,17,20). The van der Waals surface area contributed by atoms with E-state index >= 15 is 0 Å². The van der Waals surface area contributed by atoms with Gasteiger partial charge in [-0.3, -0.25) is 14.4 Å². The maximum Gasteiger partial charge on any atom is 0.242 e. The van der Waals surface area contributed by atoms with E-state index in [0.29, 0.717) is 29.4 Å². The van der Waals surface area contributed by atoms with E-state index in [9.17, 15) is 14.4 Å². The minimum atomic E-state index is -1.12. The molecule has 1 fully saturated rings. The zero-order valence-electron chi connectivity index (χ0n) is 12.2. The lowest BCUT2D eigenvalue weighted by Crippen LogP contribution is -2.45. The van der Waals surface area contributed by atoms with Crippen LogP contribution >= 0.6 is 0 Å². The molecule has 1 aliphatic heterocycles. The van der Waals surface area contributed by atoms with Crippen molar-refractivity contribution in [3.05, 3.63) is 23.8 Å². The van der Waals surface area contributed by atoms with Crippen LogP contribution in [-0.2, 0) is 9.59 Å². The van der Waals surface area contributed by atoms with Gasteiger partial charge in [0.25, 0.3) is 0 Å². The maximum atomic E-state index is 12.8. The van der Waals surface area contributed by atoms with Crippen LogP contribution in [0.15, 0.2) is 18.2 Å². The molecular weight excluding hydrogens is 268 g/mol. The number of hydrogen-bond donors (Lipinski definition) is 1. The van der Waals surface area contributed by atoms with Gasteiger partial charge < -0.3 is 10.2 Å². The van der Waals surface area contributed by atoms with Gasteiger partial charge in [-0.2, -0.15) is 0 Å². The second kappa shape index (κ2) is 4.69. The molecule has 0 radical (unpaired) electrons. The van der Waals surface area contributed by atoms with Crippen LogP contribution in [0, 0.1) is 11.3 Å². The Kier molecular flexibility index (Phi) is 3.08. The number of fused-ring (bicyclic) bond motifs is 1. The van der Waals surface area contributed by atoms with Crippen molar-refractivity contribution in [2.24, 2.45) is 11.3 Å². The Labute approximate surface area is 123 Å². The average Bonchev–Trinajstić information content (AvgIpc) is 3.27. The first kappa shape index (κ1) is 13.8. The molecule has 0 spiro atoms. The summed E-state index contributed by atoms with van der Waals surface area (Å²) in [6, 6.07) is 5.03. The zero-order valence-corrected chi connectivity index (χ0v) is 12.2. The first-order chi connectivity index (χ1) is 9.93. The normalized spacial score (nSPS) is 20.6. The molecule has 1 aromatic carbocycles. The molecule has 1 aromatic rings. The van der Waals surface area contributed by atoms with Crippen molar-refractivity contribution in [1.29, 1.82) is 0 Å². The van der Waals surface area contributed by atoms with Crippen molar-refractivity contribution >= 4 is 29.5 Å². The molecular formula is C16H18N2O3. The van der Waals surface area contributed by atoms with Crippen LogP contribution in [-0.4, -0.2) is 24.6 Å². The predicted molar refractivity (Wildman–Crippen MR) is 79.3 cm³/mol. The minimum Gasteiger partial charge on any atom is -0.323 e. The Bertz CT molecular complexity index is 632. The molecule has 1 N–H and O–H groups in total. The number of nitrogens with zero attached hydrogens (tertiary/aromatic N) is 1. The minimum absolute atomic E-state index is 0.190. The fourth-order valence-corrected chi connectivity index (χ4v) is 2.52. The van der Waals surface area contributed by atoms with Crippen LogP contribution in [0.5, 0.6) is 0 Å². The third-order valence-electron chi connectivity index (χ3n) is 4.18. The Morgan fingerprint density at radius 3 is 2.67 bits per heavy atom. The fraction of sp³-hybridized carbons (Fsp3) is 0.438. The largest absolute Gasteiger partial charge is 0.323 e. The van der Waals surface area contributed by atoms with E-state index in [1.807, 2.05) is 0 Å². The van der Waals surface area contributed by atoms with Gasteiger partial charge in [-0.1, -0.05) is 0 Å². The summed E-state index contributed by atoms with van der Waals surface area (Å²) >= 11 is 0. The van der Waals surface area contributed by atoms with Gasteiger partial charge >= 0.3 is 0 Å². The Balaban J connectivity index is 2.10. The van der Waals surface area contributed by atoms with E-state index < -0.39 is 5.41 Å². The number of benzene rings is 1. The SMILES string of the molecule is CC1(C)C(=O)Nc2cc(C=O)ccc2N(CC2CC2)C1=O. The smallest absolute Gasteiger partial charge is 0.242 e. The first-order valence-electron chi connectivity index (χ1n) is 7.16. The third kappa shape index (κ3) is 2.33. The van der Waals surface area contributed by atoms with E-state index in [1.165, 1.54) is 0 Å². The molecule has 0 unspecified atom stereocenters. The van der Waals surface area contributed by atoms with Crippen LogP contribution < -0.4 is 10.2 Å². The van der Waals surface area contributed by atoms with Crippen molar-refractivity contribution in [2.75, 3.05) is 16.8 Å². The van der Waals surface area contributed by atoms with E-state index in [2.05, 4.69) is 5.32 Å². The summed E-state index contributed by atoms with van der Waals surface area (Å²) in [6.07, 6.45) is 2.97. The number of aldehydes is 1. The number of carbonyl (C=O) groups is 3. The molecule has 0 saturated heterocycles. The number of rotatable bonds is 3. The molecule has 3 rings (SSSR count). The van der Waals surface area contributed by atoms with Gasteiger partial charge in [0, 0.05) is 12.1 Å². The molecule has 2 aliphatic rings. The van der Waals surface area contributed by atoms with Crippen molar-refractivity contribution in [1.82, 2.24) is 0 Å². The van der Waals surface area contributed by atoms with Crippen LogP contribution in [0.3, 0.4) is 0 Å². The second-order valence-electron chi connectivity index (χ2n) is 6.33. The molecule has 5 heteroatoms. The highest BCUT2D eigenvalue weighted by atomic mass is 16.2. The zero-order chi connectivity index (χ0) is 15.2. The molecule has 110 valence electrons. The van der Waals surface area contributed by atoms with Crippen molar-refractivity contribution in [3.8, 4) is 0 Å². The second-order valence-corrected chi connectivity index (χ2v) is 6.33. The third-order valence-corrected chi connectivity index (χ3v) is 4.18. The molecule has 1 saturated carbocycles. The van der Waals surface area contributed by atoms with E-state index in [0.717, 1.165) is 19.1 Å². The van der Waals surface area contributed by atoms with Gasteiger partial charge in [0.15, 0.2) is 0 Å². The number of anilines is 2. The summed E-state index contributed by atoms with van der Waals surface area (Å²) in [5, 5.41) is 2.78. The first-order valence-corrected chi connectivity index (χ1v) is 7.16. The molecule has 0 atom stereocenters. The van der Waals surface area contributed by atoms with Crippen LogP contribution in [0.4, 0.5) is 11.4 Å². The monoisotopic (exact) mass is 286 g/mol. The summed E-state index contributed by atoms with van der Waals surface area (Å²) in [5.74, 6) is -0.0175. The topological polar surface area (TPSA) is 66.5 Å². The molecule has 2 amide bonds. The molecule has 0 aromatic heterocycles. The highest BCUT2D eigenvalue weighted by Gasteiger charge is 2.44. The maximum absolute atomic E-state index is 12.8. The summed E-state index contributed by atoms with van der Waals surface area (Å²) < 4.78 is 0. The summed E-state index contributed by atoms with van der Waals surface area (Å²) in [7, 11) is 0. The Morgan fingerprint density at radius 2 is 2.05 bits per heavy atom. The van der Waals surface area contributed by atoms with Crippen molar-refractivity contribution in [3.63, 3.8) is 0 Å². The van der Waals surface area contributed by atoms with E-state index in [-0.39, 0.29) is 11.8 Å². The number of carbonyl (C=O) groups excluding carboxylic acids is 3. The molecule has 1 heterocycles. The number of amides is 2. The van der Waals surface area contributed by atoms with E-state index in [4.69, 9.17) is 0 Å². The van der Waals surface area contributed by atoms with Crippen LogP contribution in [0.1, 0.15) is 37.0 Å². The molecule has 0 bridgehead atoms. The lowest BCUT2D eigenvalue weighted by atomic mass is 9.90. The van der Waals surface area contributed by atoms with Crippen LogP contribution in [0.25, 0.3) is 0 Å². The van der Waals surface area contributed by atoms with Gasteiger partial charge in [0.05, 0.1) is 11.4 Å². The van der Waals surface area contributed by atoms with Gasteiger partial charge in [0.1, 0.15) is 11.7 Å². The molecule has 1 aliphatic carbocycles. The number of hydrogen-bond acceptors (Lipinski definition) is 3. The quantitative estimate of drug-likeness (QED) is 0.684. The van der Waals surface area contributed by atoms with Gasteiger partial charge in [-0.05, 0) is 50.8 Å². The van der Waals surface area contributed by atoms with Gasteiger partial charge in [0.2, 0.25) is 11.8 Å². The summed E-state index contributed by atoms with van der Waals surface area (Å²) in [6.45, 7) is 3.90. The van der Waals surface area contributed by atoms with E-state index in [1.54, 1.807) is 36.9 Å². The summed E-state index contributed by atoms with van der Waals surface area (Å²) in [5.41, 5.74) is 0.572. The highest BCUT2D eigenvalue weighted by Crippen LogP contribution is 2.39. The Hall–Kier alpha value is -2.17. The fourth-order valence-electron chi connectivity index (χ4n) is 2.52. The van der Waals surface area contributed by atoms with Gasteiger partial charge in [-0.15, -0.1) is 0 Å². The summed E-state index contributed by atoms with van der Waals surface area (Å²) in [4.78, 5) is 37.7. The van der Waals surface area contributed by atoms with Crippen molar-refractivity contribution < 1.29 is 14.4 Å². The molecule has 21 heavy (non-hydrogen) atoms. The lowest BCUT2D eigenvalue weighted by Gasteiger charge is -2.27. The molecule has 5 nitrogen and oxygen atoms in total. The average molecular weight is 286 g/mol.